The van der Waals surface area contributed by atoms with E-state index in [1.165, 1.54) is 0 Å². The lowest BCUT2D eigenvalue weighted by Crippen LogP contribution is -2.28. The van der Waals surface area contributed by atoms with Gasteiger partial charge in [-0.1, -0.05) is 42.3 Å². The van der Waals surface area contributed by atoms with Crippen LogP contribution in [0.5, 0.6) is 11.5 Å². The second-order valence-corrected chi connectivity index (χ2v) is 6.66. The molecule has 2 rings (SSSR count). The van der Waals surface area contributed by atoms with Crippen LogP contribution >= 0.6 is 23.2 Å². The van der Waals surface area contributed by atoms with Gasteiger partial charge in [-0.15, -0.1) is 0 Å². The van der Waals surface area contributed by atoms with E-state index < -0.39 is 0 Å². The molecule has 1 unspecified atom stereocenters. The largest absolute Gasteiger partial charge is 0.493 e. The van der Waals surface area contributed by atoms with Crippen molar-refractivity contribution >= 4 is 29.1 Å². The molecule has 0 heterocycles. The highest BCUT2D eigenvalue weighted by Crippen LogP contribution is 2.31. The first-order valence-corrected chi connectivity index (χ1v) is 9.19. The Hall–Kier alpha value is -1.91. The molecule has 4 nitrogen and oxygen atoms in total. The zero-order valence-electron chi connectivity index (χ0n) is 15.1. The van der Waals surface area contributed by atoms with E-state index in [1.54, 1.807) is 32.4 Å². The molecule has 6 heteroatoms. The number of carbonyl (C=O) groups excluding carboxylic acids is 1. The van der Waals surface area contributed by atoms with Crippen LogP contribution in [0, 0.1) is 0 Å². The second-order valence-electron chi connectivity index (χ2n) is 5.84. The summed E-state index contributed by atoms with van der Waals surface area (Å²) in [7, 11) is 3.19. The van der Waals surface area contributed by atoms with E-state index in [4.69, 9.17) is 32.7 Å². The first-order valence-electron chi connectivity index (χ1n) is 8.44. The fraction of sp³-hybridized carbons (Fsp3) is 0.350. The summed E-state index contributed by atoms with van der Waals surface area (Å²) in [5.41, 5.74) is 1.76. The van der Waals surface area contributed by atoms with Gasteiger partial charge in [-0.2, -0.15) is 0 Å². The molecule has 2 aromatic rings. The Labute approximate surface area is 164 Å². The third-order valence-electron chi connectivity index (χ3n) is 4.22. The van der Waals surface area contributed by atoms with E-state index in [-0.39, 0.29) is 11.9 Å². The number of ether oxygens (including phenoxy) is 2. The summed E-state index contributed by atoms with van der Waals surface area (Å²) in [6.07, 6.45) is 1.56. The number of benzene rings is 2. The monoisotopic (exact) mass is 395 g/mol. The zero-order valence-corrected chi connectivity index (χ0v) is 16.7. The molecular weight excluding hydrogens is 373 g/mol. The molecule has 1 atom stereocenters. The Morgan fingerprint density at radius 3 is 2.31 bits per heavy atom. The molecule has 2 aromatic carbocycles. The molecule has 0 bridgehead atoms. The average Bonchev–Trinajstić information content (AvgIpc) is 2.65. The third kappa shape index (κ3) is 5.05. The summed E-state index contributed by atoms with van der Waals surface area (Å²) in [5, 5.41) is 4.22. The van der Waals surface area contributed by atoms with Gasteiger partial charge in [0.05, 0.1) is 20.3 Å². The summed E-state index contributed by atoms with van der Waals surface area (Å²) < 4.78 is 10.6. The van der Waals surface area contributed by atoms with Crippen LogP contribution in [-0.4, -0.2) is 20.1 Å². The van der Waals surface area contributed by atoms with Crippen molar-refractivity contribution in [3.63, 3.8) is 0 Å². The maximum atomic E-state index is 12.4. The van der Waals surface area contributed by atoms with E-state index in [0.29, 0.717) is 34.4 Å². The Morgan fingerprint density at radius 2 is 1.73 bits per heavy atom. The highest BCUT2D eigenvalue weighted by molar-refractivity contribution is 6.36. The lowest BCUT2D eigenvalue weighted by atomic mass is 10.0. The van der Waals surface area contributed by atoms with Crippen LogP contribution in [-0.2, 0) is 11.2 Å². The number of methoxy groups -OCH3 is 2. The van der Waals surface area contributed by atoms with Crippen molar-refractivity contribution in [1.82, 2.24) is 5.32 Å². The van der Waals surface area contributed by atoms with Crippen LogP contribution in [0.2, 0.25) is 10.0 Å². The Morgan fingerprint density at radius 1 is 1.08 bits per heavy atom. The van der Waals surface area contributed by atoms with Crippen molar-refractivity contribution in [2.75, 3.05) is 14.2 Å². The molecule has 0 aliphatic carbocycles. The third-order valence-corrected chi connectivity index (χ3v) is 4.93. The van der Waals surface area contributed by atoms with Crippen LogP contribution in [0.3, 0.4) is 0 Å². The van der Waals surface area contributed by atoms with Crippen LogP contribution in [0.15, 0.2) is 36.4 Å². The van der Waals surface area contributed by atoms with Gasteiger partial charge in [-0.3, -0.25) is 4.79 Å². The lowest BCUT2D eigenvalue weighted by Gasteiger charge is -2.19. The molecule has 0 fully saturated rings. The standard InChI is InChI=1S/C20H23Cl2NO3/c1-4-17(13-8-10-18(25-2)19(12-13)26-3)23-20(24)11-9-14-15(21)6-5-7-16(14)22/h5-8,10,12,17H,4,9,11H2,1-3H3,(H,23,24). The first kappa shape index (κ1) is 20.4. The smallest absolute Gasteiger partial charge is 0.220 e. The minimum atomic E-state index is -0.107. The van der Waals surface area contributed by atoms with Gasteiger partial charge in [-0.05, 0) is 48.2 Å². The van der Waals surface area contributed by atoms with E-state index in [2.05, 4.69) is 5.32 Å². The summed E-state index contributed by atoms with van der Waals surface area (Å²) in [6.45, 7) is 2.02. The minimum absolute atomic E-state index is 0.0531. The summed E-state index contributed by atoms with van der Waals surface area (Å²) >= 11 is 12.3. The predicted octanol–water partition coefficient (Wildman–Crippen LogP) is 5.21. The van der Waals surface area contributed by atoms with Crippen molar-refractivity contribution in [3.05, 3.63) is 57.6 Å². The first-order chi connectivity index (χ1) is 12.5. The molecular formula is C20H23Cl2NO3. The summed E-state index contributed by atoms with van der Waals surface area (Å²) in [6, 6.07) is 10.9. The van der Waals surface area contributed by atoms with Crippen LogP contribution in [0.25, 0.3) is 0 Å². The second kappa shape index (κ2) is 9.70. The maximum absolute atomic E-state index is 12.4. The fourth-order valence-corrected chi connectivity index (χ4v) is 3.35. The average molecular weight is 396 g/mol. The van der Waals surface area contributed by atoms with Crippen molar-refractivity contribution in [1.29, 1.82) is 0 Å². The Kier molecular flexibility index (Phi) is 7.61. The number of nitrogens with one attached hydrogen (secondary N) is 1. The molecule has 0 aliphatic rings. The van der Waals surface area contributed by atoms with Crippen LogP contribution in [0.1, 0.15) is 36.9 Å². The van der Waals surface area contributed by atoms with Gasteiger partial charge in [0, 0.05) is 16.5 Å². The van der Waals surface area contributed by atoms with E-state index in [0.717, 1.165) is 17.5 Å². The minimum Gasteiger partial charge on any atom is -0.493 e. The van der Waals surface area contributed by atoms with Gasteiger partial charge in [-0.25, -0.2) is 0 Å². The number of hydrogen-bond donors (Lipinski definition) is 1. The van der Waals surface area contributed by atoms with Crippen molar-refractivity contribution in [3.8, 4) is 11.5 Å². The lowest BCUT2D eigenvalue weighted by molar-refractivity contribution is -0.121. The van der Waals surface area contributed by atoms with Gasteiger partial charge < -0.3 is 14.8 Å². The highest BCUT2D eigenvalue weighted by Gasteiger charge is 2.16. The number of carbonyl (C=O) groups is 1. The predicted molar refractivity (Wildman–Crippen MR) is 106 cm³/mol. The Balaban J connectivity index is 2.04. The molecule has 140 valence electrons. The van der Waals surface area contributed by atoms with E-state index in [9.17, 15) is 4.79 Å². The number of halogens is 2. The molecule has 0 saturated carbocycles. The highest BCUT2D eigenvalue weighted by atomic mass is 35.5. The topological polar surface area (TPSA) is 47.6 Å². The molecule has 0 radical (unpaired) electrons. The van der Waals surface area contributed by atoms with E-state index in [1.807, 2.05) is 25.1 Å². The van der Waals surface area contributed by atoms with Gasteiger partial charge in [0.1, 0.15) is 0 Å². The fourth-order valence-electron chi connectivity index (χ4n) is 2.77. The quantitative estimate of drug-likeness (QED) is 0.666. The summed E-state index contributed by atoms with van der Waals surface area (Å²) in [4.78, 5) is 12.4. The van der Waals surface area contributed by atoms with Crippen LogP contribution in [0.4, 0.5) is 0 Å². The maximum Gasteiger partial charge on any atom is 0.220 e. The number of amides is 1. The SMILES string of the molecule is CCC(NC(=O)CCc1c(Cl)cccc1Cl)c1ccc(OC)c(OC)c1. The summed E-state index contributed by atoms with van der Waals surface area (Å²) in [5.74, 6) is 1.24. The number of rotatable bonds is 8. The van der Waals surface area contributed by atoms with Gasteiger partial charge in [0.25, 0.3) is 0 Å². The zero-order chi connectivity index (χ0) is 19.1. The Bertz CT molecular complexity index is 744. The molecule has 0 aromatic heterocycles. The normalized spacial score (nSPS) is 11.7. The molecule has 0 spiro atoms. The van der Waals surface area contributed by atoms with Crippen molar-refractivity contribution < 1.29 is 14.3 Å². The van der Waals surface area contributed by atoms with E-state index >= 15 is 0 Å². The van der Waals surface area contributed by atoms with Gasteiger partial charge in [0.15, 0.2) is 11.5 Å². The molecule has 0 saturated heterocycles. The van der Waals surface area contributed by atoms with Gasteiger partial charge in [0.2, 0.25) is 5.91 Å². The molecule has 1 amide bonds. The van der Waals surface area contributed by atoms with Crippen LogP contribution < -0.4 is 14.8 Å². The molecule has 26 heavy (non-hydrogen) atoms. The number of hydrogen-bond acceptors (Lipinski definition) is 3. The molecule has 1 N–H and O–H groups in total. The van der Waals surface area contributed by atoms with Gasteiger partial charge >= 0.3 is 0 Å². The molecule has 0 aliphatic heterocycles. The van der Waals surface area contributed by atoms with Crippen molar-refractivity contribution in [2.45, 2.75) is 32.2 Å². The van der Waals surface area contributed by atoms with Crippen molar-refractivity contribution in [2.24, 2.45) is 0 Å².